The van der Waals surface area contributed by atoms with Crippen LogP contribution in [0.1, 0.15) is 71.6 Å². The number of carbonyl (C=O) groups excluding carboxylic acids is 2. The van der Waals surface area contributed by atoms with Gasteiger partial charge in [0.25, 0.3) is 0 Å². The van der Waals surface area contributed by atoms with Crippen LogP contribution in [0.5, 0.6) is 0 Å². The number of ketones is 2. The average molecular weight is 402 g/mol. The number of Topliss-reactive ketones (excluding diaryl/α,β-unsaturated/α-hetero) is 2. The number of rotatable bonds is 5. The topological polar surface area (TPSA) is 80.4 Å². The Hall–Kier alpha value is -1.00. The van der Waals surface area contributed by atoms with Crippen LogP contribution in [0, 0.1) is 46.3 Å². The third-order valence-electron chi connectivity index (χ3n) is 9.64. The molecule has 0 bridgehead atoms. The second-order valence-corrected chi connectivity index (χ2v) is 10.9. The summed E-state index contributed by atoms with van der Waals surface area (Å²) in [4.78, 5) is 26.3. The van der Waals surface area contributed by atoms with Crippen LogP contribution < -0.4 is 5.73 Å². The molecule has 4 heteroatoms. The molecule has 4 nitrogen and oxygen atoms in total. The molecule has 4 fully saturated rings. The van der Waals surface area contributed by atoms with Crippen molar-refractivity contribution in [1.29, 1.82) is 0 Å². The van der Waals surface area contributed by atoms with E-state index in [0.717, 1.165) is 51.5 Å². The van der Waals surface area contributed by atoms with Crippen molar-refractivity contribution < 1.29 is 14.7 Å². The van der Waals surface area contributed by atoms with Crippen molar-refractivity contribution in [3.63, 3.8) is 0 Å². The first-order valence-electron chi connectivity index (χ1n) is 11.9. The van der Waals surface area contributed by atoms with E-state index in [1.54, 1.807) is 0 Å². The summed E-state index contributed by atoms with van der Waals surface area (Å²) in [6, 6.07) is 0. The molecule has 0 saturated heterocycles. The van der Waals surface area contributed by atoms with Crippen molar-refractivity contribution in [3.8, 4) is 0 Å². The lowest BCUT2D eigenvalue weighted by molar-refractivity contribution is -0.171. The van der Waals surface area contributed by atoms with Gasteiger partial charge in [-0.1, -0.05) is 26.0 Å². The summed E-state index contributed by atoms with van der Waals surface area (Å²) >= 11 is 0. The van der Waals surface area contributed by atoms with Crippen LogP contribution in [-0.4, -0.2) is 29.8 Å². The molecule has 0 aromatic rings. The Morgan fingerprint density at radius 3 is 2.62 bits per heavy atom. The van der Waals surface area contributed by atoms with Gasteiger partial charge in [0, 0.05) is 23.7 Å². The molecule has 4 aliphatic rings. The molecule has 1 unspecified atom stereocenters. The van der Waals surface area contributed by atoms with Gasteiger partial charge in [-0.05, 0) is 87.0 Å². The van der Waals surface area contributed by atoms with Crippen LogP contribution in [0.2, 0.25) is 0 Å². The molecular weight excluding hydrogens is 362 g/mol. The van der Waals surface area contributed by atoms with Gasteiger partial charge in [0.1, 0.15) is 11.6 Å². The van der Waals surface area contributed by atoms with Crippen LogP contribution in [0.25, 0.3) is 0 Å². The lowest BCUT2D eigenvalue weighted by Gasteiger charge is -2.61. The van der Waals surface area contributed by atoms with E-state index in [1.165, 1.54) is 6.42 Å². The van der Waals surface area contributed by atoms with Gasteiger partial charge in [0.05, 0.1) is 6.61 Å². The van der Waals surface area contributed by atoms with E-state index >= 15 is 0 Å². The number of aliphatic hydroxyl groups is 1. The molecule has 0 spiro atoms. The highest BCUT2D eigenvalue weighted by atomic mass is 16.3. The molecule has 0 aromatic heterocycles. The summed E-state index contributed by atoms with van der Waals surface area (Å²) in [6.07, 6.45) is 13.4. The molecule has 162 valence electrons. The second-order valence-electron chi connectivity index (χ2n) is 10.9. The van der Waals surface area contributed by atoms with Crippen LogP contribution >= 0.6 is 0 Å². The third kappa shape index (κ3) is 3.26. The standard InChI is InChI=1S/C25H39NO3/c1-24-11-9-16(6-4-3-5-13-26)14-20(24)17(15-27)23(29)22-18-7-8-21(28)25(18,2)12-10-19(22)24/h4,6,16-20,22,27H,3,5,7-15,26H2,1-2H3/b6-4-/t16-,17-,18+,19+,20?,22+,24-,25+/m1/s1. The summed E-state index contributed by atoms with van der Waals surface area (Å²) in [7, 11) is 0. The van der Waals surface area contributed by atoms with Gasteiger partial charge in [-0.25, -0.2) is 0 Å². The predicted octanol–water partition coefficient (Wildman–Crippen LogP) is 3.91. The zero-order chi connectivity index (χ0) is 20.8. The molecule has 4 saturated carbocycles. The Bertz CT molecular complexity index is 688. The highest BCUT2D eigenvalue weighted by Crippen LogP contribution is 2.66. The van der Waals surface area contributed by atoms with Crippen LogP contribution in [0.3, 0.4) is 0 Å². The quantitative estimate of drug-likeness (QED) is 0.541. The Kier molecular flexibility index (Phi) is 5.80. The molecule has 29 heavy (non-hydrogen) atoms. The first kappa shape index (κ1) is 21.2. The summed E-state index contributed by atoms with van der Waals surface area (Å²) in [5, 5.41) is 10.3. The Morgan fingerprint density at radius 2 is 1.90 bits per heavy atom. The maximum Gasteiger partial charge on any atom is 0.142 e. The van der Waals surface area contributed by atoms with Gasteiger partial charge in [-0.3, -0.25) is 9.59 Å². The van der Waals surface area contributed by atoms with Gasteiger partial charge >= 0.3 is 0 Å². The molecule has 8 atom stereocenters. The van der Waals surface area contributed by atoms with Crippen molar-refractivity contribution in [1.82, 2.24) is 0 Å². The smallest absolute Gasteiger partial charge is 0.142 e. The number of hydrogen-bond acceptors (Lipinski definition) is 4. The molecule has 3 N–H and O–H groups in total. The Morgan fingerprint density at radius 1 is 1.10 bits per heavy atom. The van der Waals surface area contributed by atoms with Gasteiger partial charge in [-0.15, -0.1) is 0 Å². The van der Waals surface area contributed by atoms with E-state index < -0.39 is 0 Å². The van der Waals surface area contributed by atoms with Gasteiger partial charge in [0.15, 0.2) is 0 Å². The molecule has 0 heterocycles. The molecule has 0 aliphatic heterocycles. The minimum absolute atomic E-state index is 0.0183. The zero-order valence-corrected chi connectivity index (χ0v) is 18.2. The zero-order valence-electron chi connectivity index (χ0n) is 18.2. The highest BCUT2D eigenvalue weighted by molar-refractivity contribution is 5.91. The molecule has 4 rings (SSSR count). The van der Waals surface area contributed by atoms with Gasteiger partial charge in [0.2, 0.25) is 0 Å². The van der Waals surface area contributed by atoms with Crippen molar-refractivity contribution in [3.05, 3.63) is 12.2 Å². The van der Waals surface area contributed by atoms with E-state index in [-0.39, 0.29) is 46.9 Å². The number of unbranched alkanes of at least 4 members (excludes halogenated alkanes) is 1. The van der Waals surface area contributed by atoms with Crippen molar-refractivity contribution in [2.24, 2.45) is 52.1 Å². The normalized spacial score (nSPS) is 47.2. The van der Waals surface area contributed by atoms with E-state index in [1.807, 2.05) is 0 Å². The fourth-order valence-electron chi connectivity index (χ4n) is 7.89. The summed E-state index contributed by atoms with van der Waals surface area (Å²) in [6.45, 7) is 5.20. The molecule has 0 aromatic carbocycles. The second kappa shape index (κ2) is 7.92. The van der Waals surface area contributed by atoms with E-state index in [0.29, 0.717) is 24.0 Å². The lowest BCUT2D eigenvalue weighted by Crippen LogP contribution is -2.60. The number of carbonyl (C=O) groups is 2. The highest BCUT2D eigenvalue weighted by Gasteiger charge is 2.64. The third-order valence-corrected chi connectivity index (χ3v) is 9.64. The van der Waals surface area contributed by atoms with Crippen LogP contribution in [0.15, 0.2) is 12.2 Å². The van der Waals surface area contributed by atoms with Crippen molar-refractivity contribution >= 4 is 11.6 Å². The van der Waals surface area contributed by atoms with Crippen LogP contribution in [-0.2, 0) is 9.59 Å². The van der Waals surface area contributed by atoms with E-state index in [9.17, 15) is 14.7 Å². The Balaban J connectivity index is 1.60. The lowest BCUT2D eigenvalue weighted by atomic mass is 9.42. The predicted molar refractivity (Wildman–Crippen MR) is 114 cm³/mol. The fourth-order valence-corrected chi connectivity index (χ4v) is 7.89. The minimum atomic E-state index is -0.303. The van der Waals surface area contributed by atoms with Gasteiger partial charge in [-0.2, -0.15) is 0 Å². The Labute approximate surface area is 175 Å². The van der Waals surface area contributed by atoms with Crippen molar-refractivity contribution in [2.45, 2.75) is 71.6 Å². The van der Waals surface area contributed by atoms with Crippen LogP contribution in [0.4, 0.5) is 0 Å². The maximum absolute atomic E-state index is 13.7. The molecule has 0 radical (unpaired) electrons. The minimum Gasteiger partial charge on any atom is -0.396 e. The maximum atomic E-state index is 13.7. The fraction of sp³-hybridized carbons (Fsp3) is 0.840. The number of fused-ring (bicyclic) bond motifs is 5. The number of aliphatic hydroxyl groups excluding tert-OH is 1. The largest absolute Gasteiger partial charge is 0.396 e. The van der Waals surface area contributed by atoms with Gasteiger partial charge < -0.3 is 10.8 Å². The first-order valence-corrected chi connectivity index (χ1v) is 11.9. The number of allylic oxidation sites excluding steroid dienone is 2. The number of nitrogens with two attached hydrogens (primary N) is 1. The monoisotopic (exact) mass is 401 g/mol. The number of hydrogen-bond donors (Lipinski definition) is 2. The SMILES string of the molecule is C[C@]12CC[C@@H](/C=C\CCCN)CC1[C@@H](CO)C(=O)[C@@H]1[C@@H]2CC[C@]2(C)C(=O)CC[C@@H]12. The average Bonchev–Trinajstić information content (AvgIpc) is 3.01. The molecule has 4 aliphatic carbocycles. The van der Waals surface area contributed by atoms with E-state index in [4.69, 9.17) is 5.73 Å². The molecule has 0 amide bonds. The summed E-state index contributed by atoms with van der Waals surface area (Å²) in [5.41, 5.74) is 5.41. The van der Waals surface area contributed by atoms with E-state index in [2.05, 4.69) is 26.0 Å². The summed E-state index contributed by atoms with van der Waals surface area (Å²) < 4.78 is 0. The molecular formula is C25H39NO3. The summed E-state index contributed by atoms with van der Waals surface area (Å²) in [5.74, 6) is 1.73. The van der Waals surface area contributed by atoms with Crippen molar-refractivity contribution in [2.75, 3.05) is 13.2 Å². The first-order chi connectivity index (χ1) is 13.9.